The minimum absolute atomic E-state index is 0.246. The van der Waals surface area contributed by atoms with Crippen LogP contribution in [0.1, 0.15) is 44.4 Å². The van der Waals surface area contributed by atoms with Gasteiger partial charge in [0, 0.05) is 18.7 Å². The van der Waals surface area contributed by atoms with E-state index in [1.165, 1.54) is 11.1 Å². The third-order valence-electron chi connectivity index (χ3n) is 2.98. The van der Waals surface area contributed by atoms with E-state index in [1.807, 2.05) is 0 Å². The van der Waals surface area contributed by atoms with Crippen molar-refractivity contribution in [2.45, 2.75) is 45.7 Å². The first kappa shape index (κ1) is 13.2. The van der Waals surface area contributed by atoms with Gasteiger partial charge in [-0.05, 0) is 37.8 Å². The van der Waals surface area contributed by atoms with Crippen LogP contribution in [0.3, 0.4) is 0 Å². The second-order valence-electron chi connectivity index (χ2n) is 4.40. The van der Waals surface area contributed by atoms with E-state index in [4.69, 9.17) is 5.11 Å². The fraction of sp³-hybridized carbons (Fsp3) is 0.571. The van der Waals surface area contributed by atoms with Crippen LogP contribution in [0.25, 0.3) is 0 Å². The van der Waals surface area contributed by atoms with Gasteiger partial charge in [0.1, 0.15) is 0 Å². The minimum Gasteiger partial charge on any atom is -0.396 e. The summed E-state index contributed by atoms with van der Waals surface area (Å²) in [7, 11) is 0. The number of benzene rings is 1. The normalized spacial score (nSPS) is 14.8. The highest BCUT2D eigenvalue weighted by atomic mass is 16.3. The number of aryl methyl sites for hydroxylation is 1. The van der Waals surface area contributed by atoms with Crippen molar-refractivity contribution in [2.75, 3.05) is 6.61 Å². The molecule has 2 heteroatoms. The average Bonchev–Trinajstić information content (AvgIpc) is 2.29. The lowest BCUT2D eigenvalue weighted by molar-refractivity contribution is 0.264. The van der Waals surface area contributed by atoms with Gasteiger partial charge in [0.15, 0.2) is 0 Å². The molecule has 0 bridgehead atoms. The smallest absolute Gasteiger partial charge is 0.0445 e. The summed E-state index contributed by atoms with van der Waals surface area (Å²) in [5.74, 6) is 0. The monoisotopic (exact) mass is 221 g/mol. The Morgan fingerprint density at radius 1 is 1.19 bits per heavy atom. The van der Waals surface area contributed by atoms with Crippen molar-refractivity contribution in [3.63, 3.8) is 0 Å². The predicted octanol–water partition coefficient (Wildman–Crippen LogP) is 2.67. The molecule has 90 valence electrons. The van der Waals surface area contributed by atoms with Crippen LogP contribution >= 0.6 is 0 Å². The van der Waals surface area contributed by atoms with Crippen LogP contribution in [0.5, 0.6) is 0 Å². The lowest BCUT2D eigenvalue weighted by atomic mass is 10.0. The van der Waals surface area contributed by atoms with E-state index in [9.17, 15) is 0 Å². The average molecular weight is 221 g/mol. The summed E-state index contributed by atoms with van der Waals surface area (Å²) in [6, 6.07) is 9.43. The molecule has 16 heavy (non-hydrogen) atoms. The fourth-order valence-corrected chi connectivity index (χ4v) is 1.84. The van der Waals surface area contributed by atoms with Crippen molar-refractivity contribution >= 4 is 0 Å². The Morgan fingerprint density at radius 2 is 1.81 bits per heavy atom. The summed E-state index contributed by atoms with van der Waals surface area (Å²) in [6.07, 6.45) is 1.89. The molecule has 0 aliphatic rings. The standard InChI is InChI=1S/C14H23NO/c1-4-13-5-7-14(8-6-13)12(3)15-11(2)9-10-16/h5-8,11-12,15-16H,4,9-10H2,1-3H3/t11-,12?/m1/s1. The molecule has 1 rings (SSSR count). The highest BCUT2D eigenvalue weighted by Crippen LogP contribution is 2.14. The lowest BCUT2D eigenvalue weighted by Crippen LogP contribution is -2.29. The van der Waals surface area contributed by atoms with Gasteiger partial charge < -0.3 is 10.4 Å². The molecule has 0 saturated heterocycles. The maximum Gasteiger partial charge on any atom is 0.0445 e. The predicted molar refractivity (Wildman–Crippen MR) is 68.5 cm³/mol. The van der Waals surface area contributed by atoms with Gasteiger partial charge in [0.05, 0.1) is 0 Å². The van der Waals surface area contributed by atoms with Crippen LogP contribution in [-0.4, -0.2) is 17.8 Å². The first-order valence-electron chi connectivity index (χ1n) is 6.13. The van der Waals surface area contributed by atoms with Crippen LogP contribution in [-0.2, 0) is 6.42 Å². The van der Waals surface area contributed by atoms with E-state index in [-0.39, 0.29) is 6.61 Å². The van der Waals surface area contributed by atoms with E-state index in [1.54, 1.807) is 0 Å². The van der Waals surface area contributed by atoms with Crippen molar-refractivity contribution < 1.29 is 5.11 Å². The van der Waals surface area contributed by atoms with E-state index in [2.05, 4.69) is 50.4 Å². The molecule has 1 aromatic rings. The Morgan fingerprint density at radius 3 is 2.31 bits per heavy atom. The maximum atomic E-state index is 8.85. The molecule has 0 aliphatic heterocycles. The topological polar surface area (TPSA) is 32.3 Å². The molecule has 2 nitrogen and oxygen atoms in total. The van der Waals surface area contributed by atoms with Crippen LogP contribution in [0.4, 0.5) is 0 Å². The molecule has 0 spiro atoms. The number of rotatable bonds is 6. The lowest BCUT2D eigenvalue weighted by Gasteiger charge is -2.19. The first-order valence-corrected chi connectivity index (χ1v) is 6.13. The van der Waals surface area contributed by atoms with Crippen molar-refractivity contribution in [1.82, 2.24) is 5.32 Å². The third-order valence-corrected chi connectivity index (χ3v) is 2.98. The zero-order valence-electron chi connectivity index (χ0n) is 10.5. The molecule has 1 unspecified atom stereocenters. The van der Waals surface area contributed by atoms with E-state index < -0.39 is 0 Å². The Hall–Kier alpha value is -0.860. The molecule has 0 aliphatic carbocycles. The van der Waals surface area contributed by atoms with Gasteiger partial charge in [-0.25, -0.2) is 0 Å². The Bertz CT molecular complexity index is 294. The number of hydrogen-bond acceptors (Lipinski definition) is 2. The molecule has 0 amide bonds. The quantitative estimate of drug-likeness (QED) is 0.774. The van der Waals surface area contributed by atoms with Gasteiger partial charge in [-0.3, -0.25) is 0 Å². The summed E-state index contributed by atoms with van der Waals surface area (Å²) in [4.78, 5) is 0. The van der Waals surface area contributed by atoms with Gasteiger partial charge in [0.2, 0.25) is 0 Å². The highest BCUT2D eigenvalue weighted by molar-refractivity contribution is 5.24. The molecule has 0 fully saturated rings. The fourth-order valence-electron chi connectivity index (χ4n) is 1.84. The van der Waals surface area contributed by atoms with Crippen molar-refractivity contribution in [1.29, 1.82) is 0 Å². The minimum atomic E-state index is 0.246. The molecule has 2 atom stereocenters. The van der Waals surface area contributed by atoms with Crippen molar-refractivity contribution in [2.24, 2.45) is 0 Å². The summed E-state index contributed by atoms with van der Waals surface area (Å²) in [5.41, 5.74) is 2.68. The highest BCUT2D eigenvalue weighted by Gasteiger charge is 2.08. The number of aliphatic hydroxyl groups excluding tert-OH is 1. The van der Waals surface area contributed by atoms with Gasteiger partial charge in [-0.1, -0.05) is 31.2 Å². The number of nitrogens with one attached hydrogen (secondary N) is 1. The second-order valence-corrected chi connectivity index (χ2v) is 4.40. The molecule has 1 aromatic carbocycles. The van der Waals surface area contributed by atoms with E-state index in [0.29, 0.717) is 12.1 Å². The van der Waals surface area contributed by atoms with Gasteiger partial charge >= 0.3 is 0 Å². The Labute approximate surface area is 98.7 Å². The van der Waals surface area contributed by atoms with E-state index in [0.717, 1.165) is 12.8 Å². The van der Waals surface area contributed by atoms with Gasteiger partial charge in [0.25, 0.3) is 0 Å². The van der Waals surface area contributed by atoms with Crippen molar-refractivity contribution in [3.8, 4) is 0 Å². The van der Waals surface area contributed by atoms with Crippen LogP contribution < -0.4 is 5.32 Å². The summed E-state index contributed by atoms with van der Waals surface area (Å²) < 4.78 is 0. The SMILES string of the molecule is CCc1ccc(C(C)N[C@H](C)CCO)cc1. The van der Waals surface area contributed by atoms with Gasteiger partial charge in [-0.15, -0.1) is 0 Å². The first-order chi connectivity index (χ1) is 7.67. The molecule has 0 aromatic heterocycles. The third kappa shape index (κ3) is 3.95. The maximum absolute atomic E-state index is 8.85. The largest absolute Gasteiger partial charge is 0.396 e. The summed E-state index contributed by atoms with van der Waals surface area (Å²) >= 11 is 0. The van der Waals surface area contributed by atoms with E-state index >= 15 is 0 Å². The Balaban J connectivity index is 2.55. The zero-order chi connectivity index (χ0) is 12.0. The molecule has 2 N–H and O–H groups in total. The van der Waals surface area contributed by atoms with Crippen molar-refractivity contribution in [3.05, 3.63) is 35.4 Å². The molecule has 0 saturated carbocycles. The summed E-state index contributed by atoms with van der Waals surface area (Å²) in [5, 5.41) is 12.3. The summed E-state index contributed by atoms with van der Waals surface area (Å²) in [6.45, 7) is 6.68. The molecular formula is C14H23NO. The second kappa shape index (κ2) is 6.66. The number of hydrogen-bond donors (Lipinski definition) is 2. The molecular weight excluding hydrogens is 198 g/mol. The molecule has 0 heterocycles. The van der Waals surface area contributed by atoms with Gasteiger partial charge in [-0.2, -0.15) is 0 Å². The zero-order valence-corrected chi connectivity index (χ0v) is 10.5. The molecule has 0 radical (unpaired) electrons. The Kier molecular flexibility index (Phi) is 5.50. The van der Waals surface area contributed by atoms with Crippen LogP contribution in [0, 0.1) is 0 Å². The van der Waals surface area contributed by atoms with Crippen LogP contribution in [0.15, 0.2) is 24.3 Å². The van der Waals surface area contributed by atoms with Crippen LogP contribution in [0.2, 0.25) is 0 Å². The number of aliphatic hydroxyl groups is 1.